The highest BCUT2D eigenvalue weighted by molar-refractivity contribution is 7.89. The first-order chi connectivity index (χ1) is 14.9. The summed E-state index contributed by atoms with van der Waals surface area (Å²) in [5.41, 5.74) is 1.73. The third-order valence-electron chi connectivity index (χ3n) is 4.89. The Bertz CT molecular complexity index is 1160. The molecule has 0 aromatic heterocycles. The number of hydrogen-bond acceptors (Lipinski definition) is 5. The Morgan fingerprint density at radius 2 is 1.61 bits per heavy atom. The van der Waals surface area contributed by atoms with E-state index in [0.29, 0.717) is 28.7 Å². The monoisotopic (exact) mass is 441 g/mol. The number of rotatable bonds is 9. The zero-order valence-electron chi connectivity index (χ0n) is 17.9. The van der Waals surface area contributed by atoms with E-state index in [2.05, 4.69) is 4.72 Å². The fourth-order valence-electron chi connectivity index (χ4n) is 3.42. The number of carbonyl (C=O) groups excluding carboxylic acids is 1. The van der Waals surface area contributed by atoms with Crippen LogP contribution in [0.3, 0.4) is 0 Å². The topological polar surface area (TPSA) is 81.7 Å². The van der Waals surface area contributed by atoms with E-state index in [-0.39, 0.29) is 17.9 Å². The molecule has 1 atom stereocenters. The van der Waals surface area contributed by atoms with Gasteiger partial charge in [0.25, 0.3) is 0 Å². The fraction of sp³-hybridized carbons (Fsp3) is 0.292. The van der Waals surface area contributed by atoms with Crippen LogP contribution in [0.5, 0.6) is 5.75 Å². The third kappa shape index (κ3) is 5.42. The van der Waals surface area contributed by atoms with Crippen molar-refractivity contribution in [2.75, 3.05) is 13.2 Å². The van der Waals surface area contributed by atoms with E-state index in [1.807, 2.05) is 50.2 Å². The van der Waals surface area contributed by atoms with Crippen LogP contribution in [0, 0.1) is 6.92 Å². The van der Waals surface area contributed by atoms with Gasteiger partial charge in [-0.1, -0.05) is 54.1 Å². The van der Waals surface area contributed by atoms with Crippen LogP contribution in [-0.2, 0) is 19.6 Å². The predicted octanol–water partition coefficient (Wildman–Crippen LogP) is 4.52. The number of nitrogens with one attached hydrogen (secondary N) is 1. The van der Waals surface area contributed by atoms with Gasteiger partial charge < -0.3 is 9.47 Å². The first kappa shape index (κ1) is 22.8. The number of fused-ring (bicyclic) bond motifs is 1. The van der Waals surface area contributed by atoms with Crippen molar-refractivity contribution in [1.82, 2.24) is 4.72 Å². The minimum absolute atomic E-state index is 0.106. The van der Waals surface area contributed by atoms with Crippen molar-refractivity contribution in [1.29, 1.82) is 0 Å². The molecule has 0 saturated carbocycles. The molecule has 0 aliphatic carbocycles. The predicted molar refractivity (Wildman–Crippen MR) is 121 cm³/mol. The minimum atomic E-state index is -3.95. The van der Waals surface area contributed by atoms with E-state index in [1.54, 1.807) is 25.1 Å². The third-order valence-corrected chi connectivity index (χ3v) is 6.42. The van der Waals surface area contributed by atoms with Crippen molar-refractivity contribution in [2.45, 2.75) is 38.1 Å². The summed E-state index contributed by atoms with van der Waals surface area (Å²) in [5.74, 6) is 0.158. The van der Waals surface area contributed by atoms with Gasteiger partial charge in [0.05, 0.1) is 30.6 Å². The standard InChI is InChI=1S/C24H27NO5S/c1-4-29-22-14-15-23(20-9-7-6-8-19(20)22)31(27,28)25-21(16-24(26)30-5-2)18-12-10-17(3)11-13-18/h6-15,21,25H,4-5,16H2,1-3H3/t21-/m0/s1. The SMILES string of the molecule is CCOC(=O)C[C@H](NS(=O)(=O)c1ccc(OCC)c2ccccc12)c1ccc(C)cc1. The van der Waals surface area contributed by atoms with Crippen LogP contribution in [-0.4, -0.2) is 27.6 Å². The Labute approximate surface area is 183 Å². The molecule has 7 heteroatoms. The second-order valence-electron chi connectivity index (χ2n) is 7.13. The maximum absolute atomic E-state index is 13.4. The number of sulfonamides is 1. The number of aryl methyl sites for hydroxylation is 1. The summed E-state index contributed by atoms with van der Waals surface area (Å²) < 4.78 is 40.2. The van der Waals surface area contributed by atoms with Crippen LogP contribution in [0.1, 0.15) is 37.4 Å². The number of benzene rings is 3. The smallest absolute Gasteiger partial charge is 0.307 e. The molecular weight excluding hydrogens is 414 g/mol. The van der Waals surface area contributed by atoms with Crippen molar-refractivity contribution in [3.05, 3.63) is 71.8 Å². The lowest BCUT2D eigenvalue weighted by molar-refractivity contribution is -0.143. The summed E-state index contributed by atoms with van der Waals surface area (Å²) in [6.45, 7) is 6.25. The van der Waals surface area contributed by atoms with Crippen molar-refractivity contribution < 1.29 is 22.7 Å². The van der Waals surface area contributed by atoms with Crippen LogP contribution >= 0.6 is 0 Å². The van der Waals surface area contributed by atoms with Crippen LogP contribution in [0.2, 0.25) is 0 Å². The minimum Gasteiger partial charge on any atom is -0.493 e. The van der Waals surface area contributed by atoms with Crippen LogP contribution in [0.15, 0.2) is 65.6 Å². The van der Waals surface area contributed by atoms with E-state index in [9.17, 15) is 13.2 Å². The Hall–Kier alpha value is -2.90. The lowest BCUT2D eigenvalue weighted by Gasteiger charge is -2.20. The van der Waals surface area contributed by atoms with Crippen molar-refractivity contribution in [3.8, 4) is 5.75 Å². The second-order valence-corrected chi connectivity index (χ2v) is 8.82. The Balaban J connectivity index is 2.01. The average Bonchev–Trinajstić information content (AvgIpc) is 2.74. The van der Waals surface area contributed by atoms with Crippen LogP contribution < -0.4 is 9.46 Å². The van der Waals surface area contributed by atoms with Gasteiger partial charge in [0.1, 0.15) is 5.75 Å². The van der Waals surface area contributed by atoms with E-state index in [0.717, 1.165) is 5.56 Å². The normalized spacial score (nSPS) is 12.5. The van der Waals surface area contributed by atoms with Gasteiger partial charge in [-0.05, 0) is 38.5 Å². The van der Waals surface area contributed by atoms with Crippen LogP contribution in [0.25, 0.3) is 10.8 Å². The lowest BCUT2D eigenvalue weighted by Crippen LogP contribution is -2.31. The molecule has 0 unspecified atom stereocenters. The van der Waals surface area contributed by atoms with Crippen molar-refractivity contribution in [2.24, 2.45) is 0 Å². The number of hydrogen-bond donors (Lipinski definition) is 1. The molecule has 0 saturated heterocycles. The summed E-state index contributed by atoms with van der Waals surface area (Å²) in [5, 5.41) is 1.27. The molecular formula is C24H27NO5S. The van der Waals surface area contributed by atoms with E-state index in [1.165, 1.54) is 6.07 Å². The van der Waals surface area contributed by atoms with Gasteiger partial charge in [0.15, 0.2) is 0 Å². The molecule has 6 nitrogen and oxygen atoms in total. The summed E-state index contributed by atoms with van der Waals surface area (Å²) in [6.07, 6.45) is -0.106. The largest absolute Gasteiger partial charge is 0.493 e. The molecule has 3 aromatic carbocycles. The molecule has 3 aromatic rings. The molecule has 0 bridgehead atoms. The van der Waals surface area contributed by atoms with E-state index >= 15 is 0 Å². The lowest BCUT2D eigenvalue weighted by atomic mass is 10.0. The molecule has 0 amide bonds. The fourth-order valence-corrected chi connectivity index (χ4v) is 4.86. The molecule has 0 aliphatic rings. The highest BCUT2D eigenvalue weighted by atomic mass is 32.2. The molecule has 0 aliphatic heterocycles. The molecule has 3 rings (SSSR count). The number of carbonyl (C=O) groups is 1. The zero-order chi connectivity index (χ0) is 22.4. The second kappa shape index (κ2) is 9.94. The quantitative estimate of drug-likeness (QED) is 0.494. The van der Waals surface area contributed by atoms with Crippen molar-refractivity contribution >= 4 is 26.8 Å². The van der Waals surface area contributed by atoms with E-state index < -0.39 is 22.0 Å². The van der Waals surface area contributed by atoms with E-state index in [4.69, 9.17) is 9.47 Å². The molecule has 0 spiro atoms. The average molecular weight is 442 g/mol. The van der Waals surface area contributed by atoms with Gasteiger partial charge in [0.2, 0.25) is 10.0 Å². The molecule has 31 heavy (non-hydrogen) atoms. The number of esters is 1. The van der Waals surface area contributed by atoms with Gasteiger partial charge in [-0.2, -0.15) is 0 Å². The Kier molecular flexibility index (Phi) is 7.30. The van der Waals surface area contributed by atoms with Crippen molar-refractivity contribution in [3.63, 3.8) is 0 Å². The molecule has 1 N–H and O–H groups in total. The van der Waals surface area contributed by atoms with Gasteiger partial charge in [-0.25, -0.2) is 13.1 Å². The number of ether oxygens (including phenoxy) is 2. The maximum atomic E-state index is 13.4. The zero-order valence-corrected chi connectivity index (χ0v) is 18.7. The molecule has 0 fully saturated rings. The van der Waals surface area contributed by atoms with Crippen LogP contribution in [0.4, 0.5) is 0 Å². The molecule has 0 radical (unpaired) electrons. The first-order valence-corrected chi connectivity index (χ1v) is 11.7. The summed E-state index contributed by atoms with van der Waals surface area (Å²) in [7, 11) is -3.95. The van der Waals surface area contributed by atoms with Gasteiger partial charge >= 0.3 is 5.97 Å². The Morgan fingerprint density at radius 3 is 2.26 bits per heavy atom. The summed E-state index contributed by atoms with van der Waals surface area (Å²) >= 11 is 0. The summed E-state index contributed by atoms with van der Waals surface area (Å²) in [6, 6.07) is 17.0. The maximum Gasteiger partial charge on any atom is 0.307 e. The molecule has 0 heterocycles. The highest BCUT2D eigenvalue weighted by Crippen LogP contribution is 2.32. The highest BCUT2D eigenvalue weighted by Gasteiger charge is 2.26. The first-order valence-electron chi connectivity index (χ1n) is 10.2. The summed E-state index contributed by atoms with van der Waals surface area (Å²) in [4.78, 5) is 12.3. The van der Waals surface area contributed by atoms with Gasteiger partial charge in [-0.3, -0.25) is 4.79 Å². The molecule has 164 valence electrons. The van der Waals surface area contributed by atoms with Gasteiger partial charge in [0, 0.05) is 10.8 Å². The Morgan fingerprint density at radius 1 is 0.935 bits per heavy atom. The van der Waals surface area contributed by atoms with Gasteiger partial charge in [-0.15, -0.1) is 0 Å².